The predicted molar refractivity (Wildman–Crippen MR) is 79.8 cm³/mol. The number of nitrogens with two attached hydrogens (primary N) is 1. The van der Waals surface area contributed by atoms with Crippen LogP contribution in [0.5, 0.6) is 0 Å². The first-order valence-electron chi connectivity index (χ1n) is 6.73. The Morgan fingerprint density at radius 2 is 1.65 bits per heavy atom. The molecule has 1 fully saturated rings. The summed E-state index contributed by atoms with van der Waals surface area (Å²) in [5.74, 6) is 1.82. The summed E-state index contributed by atoms with van der Waals surface area (Å²) in [4.78, 5) is 17.5. The Labute approximate surface area is 118 Å². The Morgan fingerprint density at radius 1 is 1.00 bits per heavy atom. The lowest BCUT2D eigenvalue weighted by Gasteiger charge is -2.35. The van der Waals surface area contributed by atoms with E-state index in [1.165, 1.54) is 0 Å². The largest absolute Gasteiger partial charge is 0.397 e. The van der Waals surface area contributed by atoms with Crippen LogP contribution < -0.4 is 15.5 Å². The molecule has 1 aliphatic heterocycles. The molecule has 0 radical (unpaired) electrons. The van der Waals surface area contributed by atoms with E-state index in [1.54, 1.807) is 18.6 Å². The molecule has 1 saturated heterocycles. The molecule has 20 heavy (non-hydrogen) atoms. The molecule has 0 aromatic carbocycles. The molecular weight excluding hydrogens is 252 g/mol. The second-order valence-electron chi connectivity index (χ2n) is 4.93. The van der Waals surface area contributed by atoms with Crippen molar-refractivity contribution in [2.24, 2.45) is 0 Å². The van der Waals surface area contributed by atoms with Gasteiger partial charge in [-0.1, -0.05) is 0 Å². The zero-order valence-electron chi connectivity index (χ0n) is 11.5. The van der Waals surface area contributed by atoms with Crippen LogP contribution in [0.3, 0.4) is 0 Å². The van der Waals surface area contributed by atoms with Crippen molar-refractivity contribution in [1.29, 1.82) is 0 Å². The molecule has 0 spiro atoms. The third kappa shape index (κ3) is 2.49. The van der Waals surface area contributed by atoms with Crippen molar-refractivity contribution >= 4 is 17.5 Å². The quantitative estimate of drug-likeness (QED) is 0.880. The fourth-order valence-electron chi connectivity index (χ4n) is 2.49. The molecule has 2 aromatic rings. The van der Waals surface area contributed by atoms with Gasteiger partial charge in [-0.3, -0.25) is 0 Å². The van der Waals surface area contributed by atoms with E-state index in [4.69, 9.17) is 5.73 Å². The Balaban J connectivity index is 1.69. The van der Waals surface area contributed by atoms with E-state index in [0.29, 0.717) is 5.69 Å². The third-order valence-corrected chi connectivity index (χ3v) is 3.49. The van der Waals surface area contributed by atoms with Crippen molar-refractivity contribution in [3.8, 4) is 0 Å². The lowest BCUT2D eigenvalue weighted by Crippen LogP contribution is -2.47. The summed E-state index contributed by atoms with van der Waals surface area (Å²) >= 11 is 0. The molecule has 3 rings (SSSR count). The minimum absolute atomic E-state index is 0.711. The molecule has 0 aliphatic carbocycles. The summed E-state index contributed by atoms with van der Waals surface area (Å²) in [5.41, 5.74) is 7.58. The number of nitrogens with zero attached hydrogens (tertiary/aromatic N) is 5. The fraction of sp³-hybridized carbons (Fsp3) is 0.357. The van der Waals surface area contributed by atoms with Crippen molar-refractivity contribution in [2.45, 2.75) is 6.92 Å². The summed E-state index contributed by atoms with van der Waals surface area (Å²) in [6, 6.07) is 3.80. The van der Waals surface area contributed by atoms with Crippen LogP contribution in [0.15, 0.2) is 30.7 Å². The van der Waals surface area contributed by atoms with Gasteiger partial charge in [0.2, 0.25) is 5.95 Å². The average Bonchev–Trinajstić information content (AvgIpc) is 2.48. The number of aryl methyl sites for hydroxylation is 1. The third-order valence-electron chi connectivity index (χ3n) is 3.49. The Morgan fingerprint density at radius 3 is 2.30 bits per heavy atom. The van der Waals surface area contributed by atoms with Gasteiger partial charge in [0.25, 0.3) is 0 Å². The lowest BCUT2D eigenvalue weighted by atomic mass is 10.2. The Bertz CT molecular complexity index is 577. The van der Waals surface area contributed by atoms with Crippen molar-refractivity contribution < 1.29 is 0 Å². The molecule has 0 atom stereocenters. The zero-order chi connectivity index (χ0) is 13.9. The lowest BCUT2D eigenvalue weighted by molar-refractivity contribution is 0.633. The monoisotopic (exact) mass is 270 g/mol. The molecular formula is C14H18N6. The highest BCUT2D eigenvalue weighted by molar-refractivity contribution is 5.53. The van der Waals surface area contributed by atoms with E-state index in [1.807, 2.05) is 19.1 Å². The van der Waals surface area contributed by atoms with Gasteiger partial charge in [-0.25, -0.2) is 15.0 Å². The van der Waals surface area contributed by atoms with Crippen LogP contribution in [0, 0.1) is 6.92 Å². The van der Waals surface area contributed by atoms with Crippen LogP contribution in [-0.4, -0.2) is 41.1 Å². The molecule has 6 heteroatoms. The number of pyridine rings is 1. The molecule has 3 heterocycles. The second kappa shape index (κ2) is 5.32. The molecule has 104 valence electrons. The molecule has 2 N–H and O–H groups in total. The van der Waals surface area contributed by atoms with Crippen LogP contribution in [0.25, 0.3) is 0 Å². The maximum absolute atomic E-state index is 5.75. The second-order valence-corrected chi connectivity index (χ2v) is 4.93. The molecule has 2 aromatic heterocycles. The van der Waals surface area contributed by atoms with Gasteiger partial charge in [-0.05, 0) is 24.6 Å². The van der Waals surface area contributed by atoms with Gasteiger partial charge in [0.1, 0.15) is 5.82 Å². The number of hydrogen-bond acceptors (Lipinski definition) is 6. The molecule has 0 amide bonds. The first kappa shape index (κ1) is 12.7. The summed E-state index contributed by atoms with van der Waals surface area (Å²) in [5, 5.41) is 0. The van der Waals surface area contributed by atoms with Gasteiger partial charge >= 0.3 is 0 Å². The number of aromatic nitrogens is 3. The highest BCUT2D eigenvalue weighted by atomic mass is 15.3. The van der Waals surface area contributed by atoms with E-state index in [2.05, 4.69) is 24.8 Å². The molecule has 0 bridgehead atoms. The first-order valence-corrected chi connectivity index (χ1v) is 6.73. The van der Waals surface area contributed by atoms with E-state index in [9.17, 15) is 0 Å². The van der Waals surface area contributed by atoms with E-state index < -0.39 is 0 Å². The predicted octanol–water partition coefficient (Wildman–Crippen LogP) is 1.09. The number of anilines is 3. The van der Waals surface area contributed by atoms with E-state index in [0.717, 1.165) is 43.5 Å². The van der Waals surface area contributed by atoms with Crippen molar-refractivity contribution in [1.82, 2.24) is 15.0 Å². The fourth-order valence-corrected chi connectivity index (χ4v) is 2.49. The SMILES string of the molecule is Cc1cc(N)cnc1N1CCN(c2ncccn2)CC1. The highest BCUT2D eigenvalue weighted by Crippen LogP contribution is 2.21. The van der Waals surface area contributed by atoms with Crippen molar-refractivity contribution in [3.63, 3.8) is 0 Å². The molecule has 1 aliphatic rings. The van der Waals surface area contributed by atoms with Gasteiger partial charge in [-0.15, -0.1) is 0 Å². The number of piperazine rings is 1. The Kier molecular flexibility index (Phi) is 3.37. The minimum atomic E-state index is 0.711. The van der Waals surface area contributed by atoms with Crippen molar-refractivity contribution in [3.05, 3.63) is 36.3 Å². The normalized spacial score (nSPS) is 15.4. The summed E-state index contributed by atoms with van der Waals surface area (Å²) in [6.45, 7) is 5.67. The van der Waals surface area contributed by atoms with Gasteiger partial charge in [-0.2, -0.15) is 0 Å². The molecule has 6 nitrogen and oxygen atoms in total. The number of nitrogen functional groups attached to an aromatic ring is 1. The van der Waals surface area contributed by atoms with Crippen molar-refractivity contribution in [2.75, 3.05) is 41.7 Å². The Hall–Kier alpha value is -2.37. The molecule has 0 unspecified atom stereocenters. The van der Waals surface area contributed by atoms with Gasteiger partial charge < -0.3 is 15.5 Å². The van der Waals surface area contributed by atoms with Crippen LogP contribution in [0.2, 0.25) is 0 Å². The maximum Gasteiger partial charge on any atom is 0.225 e. The smallest absolute Gasteiger partial charge is 0.225 e. The summed E-state index contributed by atoms with van der Waals surface area (Å²) < 4.78 is 0. The number of rotatable bonds is 2. The maximum atomic E-state index is 5.75. The highest BCUT2D eigenvalue weighted by Gasteiger charge is 2.20. The van der Waals surface area contributed by atoms with Gasteiger partial charge in [0, 0.05) is 38.6 Å². The topological polar surface area (TPSA) is 71.2 Å². The van der Waals surface area contributed by atoms with E-state index >= 15 is 0 Å². The van der Waals surface area contributed by atoms with Crippen LogP contribution in [0.4, 0.5) is 17.5 Å². The zero-order valence-corrected chi connectivity index (χ0v) is 11.5. The van der Waals surface area contributed by atoms with Gasteiger partial charge in [0.15, 0.2) is 0 Å². The van der Waals surface area contributed by atoms with Gasteiger partial charge in [0.05, 0.1) is 11.9 Å². The summed E-state index contributed by atoms with van der Waals surface area (Å²) in [6.07, 6.45) is 5.27. The van der Waals surface area contributed by atoms with E-state index in [-0.39, 0.29) is 0 Å². The van der Waals surface area contributed by atoms with Crippen LogP contribution >= 0.6 is 0 Å². The average molecular weight is 270 g/mol. The minimum Gasteiger partial charge on any atom is -0.397 e. The standard InChI is InChI=1S/C14H18N6/c1-11-9-12(15)10-18-13(11)19-5-7-20(8-6-19)14-16-3-2-4-17-14/h2-4,9-10H,5-8,15H2,1H3. The molecule has 0 saturated carbocycles. The van der Waals surface area contributed by atoms with Crippen LogP contribution in [-0.2, 0) is 0 Å². The number of hydrogen-bond donors (Lipinski definition) is 1. The van der Waals surface area contributed by atoms with Crippen LogP contribution in [0.1, 0.15) is 5.56 Å². The first-order chi connectivity index (χ1) is 9.74. The summed E-state index contributed by atoms with van der Waals surface area (Å²) in [7, 11) is 0.